The molecule has 0 aromatic carbocycles. The van der Waals surface area contributed by atoms with Crippen molar-refractivity contribution in [3.63, 3.8) is 0 Å². The maximum absolute atomic E-state index is 11.1. The largest absolute Gasteiger partial charge is 0.453 e. The van der Waals surface area contributed by atoms with Crippen LogP contribution in [0.15, 0.2) is 18.2 Å². The summed E-state index contributed by atoms with van der Waals surface area (Å²) in [6, 6.07) is 5.97. The molecule has 0 saturated heterocycles. The highest BCUT2D eigenvalue weighted by Crippen LogP contribution is 2.30. The summed E-state index contributed by atoms with van der Waals surface area (Å²) in [4.78, 5) is 15.7. The fourth-order valence-corrected chi connectivity index (χ4v) is 2.47. The molecule has 106 valence electrons. The number of pyridine rings is 1. The average molecular weight is 264 g/mol. The number of aromatic nitrogens is 1. The second-order valence-corrected chi connectivity index (χ2v) is 5.41. The summed E-state index contributed by atoms with van der Waals surface area (Å²) < 4.78 is 4.55. The lowest BCUT2D eigenvalue weighted by Gasteiger charge is -2.24. The van der Waals surface area contributed by atoms with Crippen molar-refractivity contribution in [2.24, 2.45) is 11.8 Å². The van der Waals surface area contributed by atoms with Gasteiger partial charge in [0.05, 0.1) is 19.3 Å². The van der Waals surface area contributed by atoms with Gasteiger partial charge in [-0.15, -0.1) is 0 Å². The Bertz CT molecular complexity index is 408. The Hall–Kier alpha value is -1.58. The minimum atomic E-state index is -0.434. The zero-order valence-electron chi connectivity index (χ0n) is 12.4. The van der Waals surface area contributed by atoms with Crippen LogP contribution in [0.1, 0.15) is 45.0 Å². The first-order valence-electron chi connectivity index (χ1n) is 6.73. The number of carbonyl (C=O) groups excluding carboxylic acids is 1. The predicted molar refractivity (Wildman–Crippen MR) is 75.9 cm³/mol. The third kappa shape index (κ3) is 4.54. The number of ether oxygens (including phenoxy) is 1. The van der Waals surface area contributed by atoms with Crippen LogP contribution in [0.4, 0.5) is 4.79 Å². The van der Waals surface area contributed by atoms with Crippen LogP contribution in [-0.4, -0.2) is 18.2 Å². The zero-order valence-corrected chi connectivity index (χ0v) is 12.4. The topological polar surface area (TPSA) is 51.2 Å². The third-order valence-corrected chi connectivity index (χ3v) is 3.21. The molecule has 4 nitrogen and oxygen atoms in total. The molecule has 0 fully saturated rings. The molecule has 1 heterocycles. The van der Waals surface area contributed by atoms with Gasteiger partial charge in [0.25, 0.3) is 0 Å². The molecule has 0 spiro atoms. The SMILES string of the molecule is COC(=O)NCc1cccc(C(C(C)C)C(C)C)n1. The van der Waals surface area contributed by atoms with E-state index in [2.05, 4.69) is 48.8 Å². The van der Waals surface area contributed by atoms with Crippen LogP contribution in [0, 0.1) is 11.8 Å². The molecule has 0 aliphatic carbocycles. The molecule has 0 atom stereocenters. The summed E-state index contributed by atoms with van der Waals surface area (Å²) in [6.07, 6.45) is -0.434. The monoisotopic (exact) mass is 264 g/mol. The first-order valence-corrected chi connectivity index (χ1v) is 6.73. The number of alkyl carbamates (subject to hydrolysis) is 1. The Balaban J connectivity index is 2.83. The number of nitrogens with zero attached hydrogens (tertiary/aromatic N) is 1. The summed E-state index contributed by atoms with van der Waals surface area (Å²) in [6.45, 7) is 9.25. The van der Waals surface area contributed by atoms with Gasteiger partial charge in [-0.2, -0.15) is 0 Å². The smallest absolute Gasteiger partial charge is 0.407 e. The molecule has 0 radical (unpaired) electrons. The van der Waals surface area contributed by atoms with Gasteiger partial charge in [0.15, 0.2) is 0 Å². The van der Waals surface area contributed by atoms with Crippen molar-refractivity contribution in [3.05, 3.63) is 29.6 Å². The third-order valence-electron chi connectivity index (χ3n) is 3.21. The normalized spacial score (nSPS) is 11.2. The lowest BCUT2D eigenvalue weighted by atomic mass is 9.82. The van der Waals surface area contributed by atoms with E-state index in [-0.39, 0.29) is 0 Å². The van der Waals surface area contributed by atoms with E-state index in [0.29, 0.717) is 24.3 Å². The van der Waals surface area contributed by atoms with Crippen molar-refractivity contribution in [1.29, 1.82) is 0 Å². The van der Waals surface area contributed by atoms with E-state index in [1.807, 2.05) is 12.1 Å². The van der Waals surface area contributed by atoms with Gasteiger partial charge < -0.3 is 10.1 Å². The standard InChI is InChI=1S/C15H24N2O2/c1-10(2)14(11(3)4)13-8-6-7-12(17-13)9-16-15(18)19-5/h6-8,10-11,14H,9H2,1-5H3,(H,16,18). The van der Waals surface area contributed by atoms with E-state index in [0.717, 1.165) is 11.4 Å². The molecule has 19 heavy (non-hydrogen) atoms. The maximum Gasteiger partial charge on any atom is 0.407 e. The van der Waals surface area contributed by atoms with Gasteiger partial charge in [0.1, 0.15) is 0 Å². The van der Waals surface area contributed by atoms with Crippen LogP contribution >= 0.6 is 0 Å². The fraction of sp³-hybridized carbons (Fsp3) is 0.600. The average Bonchev–Trinajstić information content (AvgIpc) is 2.35. The number of amides is 1. The van der Waals surface area contributed by atoms with Gasteiger partial charge in [0.2, 0.25) is 0 Å². The van der Waals surface area contributed by atoms with Crippen molar-refractivity contribution in [2.45, 2.75) is 40.2 Å². The molecule has 1 aromatic rings. The van der Waals surface area contributed by atoms with Crippen LogP contribution in [0.3, 0.4) is 0 Å². The summed E-state index contributed by atoms with van der Waals surface area (Å²) >= 11 is 0. The number of carbonyl (C=O) groups is 1. The van der Waals surface area contributed by atoms with Gasteiger partial charge in [-0.25, -0.2) is 4.79 Å². The van der Waals surface area contributed by atoms with Gasteiger partial charge in [-0.05, 0) is 24.0 Å². The summed E-state index contributed by atoms with van der Waals surface area (Å²) in [5, 5.41) is 2.65. The molecule has 1 aromatic heterocycles. The van der Waals surface area contributed by atoms with E-state index in [1.165, 1.54) is 7.11 Å². The van der Waals surface area contributed by atoms with Crippen LogP contribution in [0.25, 0.3) is 0 Å². The molecule has 0 saturated carbocycles. The Morgan fingerprint density at radius 3 is 2.42 bits per heavy atom. The van der Waals surface area contributed by atoms with Crippen LogP contribution in [-0.2, 0) is 11.3 Å². The minimum Gasteiger partial charge on any atom is -0.453 e. The van der Waals surface area contributed by atoms with E-state index in [9.17, 15) is 4.79 Å². The second kappa shape index (κ2) is 7.12. The Morgan fingerprint density at radius 2 is 1.89 bits per heavy atom. The van der Waals surface area contributed by atoms with Gasteiger partial charge in [-0.1, -0.05) is 33.8 Å². The first-order chi connectivity index (χ1) is 8.95. The fourth-order valence-electron chi connectivity index (χ4n) is 2.47. The number of hydrogen-bond donors (Lipinski definition) is 1. The number of hydrogen-bond acceptors (Lipinski definition) is 3. The number of methoxy groups -OCH3 is 1. The predicted octanol–water partition coefficient (Wildman–Crippen LogP) is 3.33. The molecule has 0 unspecified atom stereocenters. The minimum absolute atomic E-state index is 0.392. The summed E-state index contributed by atoms with van der Waals surface area (Å²) in [7, 11) is 1.35. The van der Waals surface area contributed by atoms with Crippen molar-refractivity contribution in [2.75, 3.05) is 7.11 Å². The molecule has 1 amide bonds. The first kappa shape index (κ1) is 15.5. The lowest BCUT2D eigenvalue weighted by Crippen LogP contribution is -2.23. The highest BCUT2D eigenvalue weighted by molar-refractivity contribution is 5.66. The maximum atomic E-state index is 11.1. The van der Waals surface area contributed by atoms with Gasteiger partial charge in [0, 0.05) is 11.6 Å². The highest BCUT2D eigenvalue weighted by atomic mass is 16.5. The van der Waals surface area contributed by atoms with E-state index >= 15 is 0 Å². The zero-order chi connectivity index (χ0) is 14.4. The summed E-state index contributed by atoms with van der Waals surface area (Å²) in [5.41, 5.74) is 1.95. The lowest BCUT2D eigenvalue weighted by molar-refractivity contribution is 0.170. The van der Waals surface area contributed by atoms with Crippen LogP contribution in [0.5, 0.6) is 0 Å². The number of rotatable bonds is 5. The Labute approximate surface area is 115 Å². The van der Waals surface area contributed by atoms with E-state index in [1.54, 1.807) is 0 Å². The summed E-state index contributed by atoms with van der Waals surface area (Å²) in [5.74, 6) is 1.51. The molecular formula is C15H24N2O2. The van der Waals surface area contributed by atoms with E-state index < -0.39 is 6.09 Å². The van der Waals surface area contributed by atoms with Gasteiger partial charge >= 0.3 is 6.09 Å². The molecule has 0 aliphatic heterocycles. The van der Waals surface area contributed by atoms with Gasteiger partial charge in [-0.3, -0.25) is 4.98 Å². The van der Waals surface area contributed by atoms with E-state index in [4.69, 9.17) is 0 Å². The highest BCUT2D eigenvalue weighted by Gasteiger charge is 2.21. The molecule has 1 N–H and O–H groups in total. The molecule has 1 rings (SSSR count). The molecule has 0 bridgehead atoms. The molecule has 4 heteroatoms. The Morgan fingerprint density at radius 1 is 1.26 bits per heavy atom. The van der Waals surface area contributed by atoms with Crippen molar-refractivity contribution in [1.82, 2.24) is 10.3 Å². The van der Waals surface area contributed by atoms with Crippen molar-refractivity contribution >= 4 is 6.09 Å². The van der Waals surface area contributed by atoms with Crippen molar-refractivity contribution in [3.8, 4) is 0 Å². The quantitative estimate of drug-likeness (QED) is 0.887. The van der Waals surface area contributed by atoms with Crippen LogP contribution in [0.2, 0.25) is 0 Å². The molecule has 0 aliphatic rings. The Kier molecular flexibility index (Phi) is 5.80. The van der Waals surface area contributed by atoms with Crippen molar-refractivity contribution < 1.29 is 9.53 Å². The second-order valence-electron chi connectivity index (χ2n) is 5.41. The van der Waals surface area contributed by atoms with Crippen LogP contribution < -0.4 is 5.32 Å². The molecular weight excluding hydrogens is 240 g/mol. The number of nitrogens with one attached hydrogen (secondary N) is 1.